The van der Waals surface area contributed by atoms with Crippen LogP contribution in [-0.4, -0.2) is 0 Å². The summed E-state index contributed by atoms with van der Waals surface area (Å²) in [6.07, 6.45) is 0. The van der Waals surface area contributed by atoms with E-state index in [0.29, 0.717) is 15.8 Å². The highest BCUT2D eigenvalue weighted by Crippen LogP contribution is 2.29. The first-order valence-corrected chi connectivity index (χ1v) is 5.46. The van der Waals surface area contributed by atoms with E-state index in [1.165, 1.54) is 0 Å². The van der Waals surface area contributed by atoms with Crippen molar-refractivity contribution in [2.45, 2.75) is 0 Å². The van der Waals surface area contributed by atoms with Gasteiger partial charge in [-0.1, -0.05) is 23.2 Å². The second-order valence-electron chi connectivity index (χ2n) is 3.31. The van der Waals surface area contributed by atoms with Crippen molar-refractivity contribution >= 4 is 28.9 Å². The van der Waals surface area contributed by atoms with E-state index in [-0.39, 0.29) is 12.4 Å². The molecule has 0 aliphatic heterocycles. The number of rotatable bonds is 2. The summed E-state index contributed by atoms with van der Waals surface area (Å²) in [4.78, 5) is 0. The normalized spacial score (nSPS) is 9.59. The Morgan fingerprint density at radius 1 is 0.882 bits per heavy atom. The Morgan fingerprint density at radius 2 is 1.47 bits per heavy atom. The van der Waals surface area contributed by atoms with Gasteiger partial charge in [-0.25, -0.2) is 0 Å². The maximum Gasteiger partial charge on any atom is 0.187 e. The van der Waals surface area contributed by atoms with Gasteiger partial charge < -0.3 is 22.9 Å². The van der Waals surface area contributed by atoms with E-state index >= 15 is 0 Å². The Morgan fingerprint density at radius 3 is 2.06 bits per heavy atom. The Hall–Kier alpha value is -0.930. The van der Waals surface area contributed by atoms with Crippen molar-refractivity contribution in [2.75, 3.05) is 0 Å². The van der Waals surface area contributed by atoms with Crippen LogP contribution in [-0.2, 0) is 0 Å². The molecule has 0 unspecified atom stereocenters. The zero-order valence-corrected chi connectivity index (χ0v) is 11.1. The summed E-state index contributed by atoms with van der Waals surface area (Å²) in [6, 6.07) is 12.5. The minimum Gasteiger partial charge on any atom is -1.00 e. The summed E-state index contributed by atoms with van der Waals surface area (Å²) in [7, 11) is 0. The van der Waals surface area contributed by atoms with Gasteiger partial charge in [0, 0.05) is 16.1 Å². The summed E-state index contributed by atoms with van der Waals surface area (Å²) in [5.41, 5.74) is 4.61. The van der Waals surface area contributed by atoms with Crippen LogP contribution in [0.25, 0.3) is 0 Å². The standard InChI is InChI=1S/C12H9Cl2NO.ClH/c13-8-1-4-10(5-2-8)16-12-6-3-9(14)7-11(12)15;/h1-7H,15H2;1H. The van der Waals surface area contributed by atoms with Crippen LogP contribution in [0.5, 0.6) is 11.5 Å². The van der Waals surface area contributed by atoms with Gasteiger partial charge in [-0.15, -0.1) is 0 Å². The molecule has 0 amide bonds. The van der Waals surface area contributed by atoms with E-state index in [9.17, 15) is 0 Å². The third-order valence-corrected chi connectivity index (χ3v) is 2.55. The van der Waals surface area contributed by atoms with Crippen LogP contribution < -0.4 is 22.9 Å². The Bertz CT molecular complexity index is 500. The van der Waals surface area contributed by atoms with Gasteiger partial charge in [0.15, 0.2) is 11.4 Å². The van der Waals surface area contributed by atoms with Gasteiger partial charge in [0.05, 0.1) is 0 Å². The van der Waals surface area contributed by atoms with E-state index in [2.05, 4.69) is 5.73 Å². The molecule has 0 radical (unpaired) electrons. The van der Waals surface area contributed by atoms with E-state index in [1.54, 1.807) is 42.5 Å². The Balaban J connectivity index is 0.00000144. The second-order valence-corrected chi connectivity index (χ2v) is 4.18. The fourth-order valence-corrected chi connectivity index (χ4v) is 1.60. The van der Waals surface area contributed by atoms with Gasteiger partial charge >= 0.3 is 0 Å². The lowest BCUT2D eigenvalue weighted by Crippen LogP contribution is -3.00. The monoisotopic (exact) mass is 289 g/mol. The highest BCUT2D eigenvalue weighted by atomic mass is 35.5. The fraction of sp³-hybridized carbons (Fsp3) is 0. The van der Waals surface area contributed by atoms with Crippen LogP contribution in [0.1, 0.15) is 0 Å². The molecular formula is C12H10Cl3NO. The predicted octanol–water partition coefficient (Wildman–Crippen LogP) is 0.663. The van der Waals surface area contributed by atoms with Gasteiger partial charge in [-0.05, 0) is 36.4 Å². The van der Waals surface area contributed by atoms with Crippen LogP contribution in [0.15, 0.2) is 42.5 Å². The molecule has 3 N–H and O–H groups in total. The lowest BCUT2D eigenvalue weighted by molar-refractivity contribution is -0.256. The number of hydrogen-bond donors (Lipinski definition) is 1. The third kappa shape index (κ3) is 3.79. The maximum atomic E-state index is 5.83. The van der Waals surface area contributed by atoms with Gasteiger partial charge in [-0.3, -0.25) is 0 Å². The second kappa shape index (κ2) is 6.12. The lowest BCUT2D eigenvalue weighted by Gasteiger charge is -2.06. The number of halogens is 3. The molecule has 0 spiro atoms. The van der Waals surface area contributed by atoms with Gasteiger partial charge in [0.2, 0.25) is 0 Å². The van der Waals surface area contributed by atoms with E-state index < -0.39 is 0 Å². The fourth-order valence-electron chi connectivity index (χ4n) is 1.28. The molecule has 2 aromatic rings. The highest BCUT2D eigenvalue weighted by Gasteiger charge is 2.05. The quantitative estimate of drug-likeness (QED) is 0.867. The van der Waals surface area contributed by atoms with Crippen molar-refractivity contribution in [3.63, 3.8) is 0 Å². The molecule has 0 aliphatic rings. The molecular weight excluding hydrogens is 280 g/mol. The summed E-state index contributed by atoms with van der Waals surface area (Å²) in [5, 5.41) is 1.33. The van der Waals surface area contributed by atoms with Gasteiger partial charge in [0.25, 0.3) is 0 Å². The minimum atomic E-state index is 0. The molecule has 17 heavy (non-hydrogen) atoms. The zero-order valence-electron chi connectivity index (χ0n) is 8.79. The van der Waals surface area contributed by atoms with E-state index in [1.807, 2.05) is 0 Å². The molecule has 2 nitrogen and oxygen atoms in total. The molecule has 0 atom stereocenters. The van der Waals surface area contributed by atoms with Crippen LogP contribution in [0, 0.1) is 0 Å². The number of quaternary nitrogens is 1. The number of ether oxygens (including phenoxy) is 1. The maximum absolute atomic E-state index is 5.83. The average Bonchev–Trinajstić information content (AvgIpc) is 2.25. The molecule has 0 saturated heterocycles. The topological polar surface area (TPSA) is 36.9 Å². The molecule has 5 heteroatoms. The summed E-state index contributed by atoms with van der Waals surface area (Å²) in [5.74, 6) is 1.41. The molecule has 0 bridgehead atoms. The van der Waals surface area contributed by atoms with Crippen molar-refractivity contribution in [2.24, 2.45) is 0 Å². The van der Waals surface area contributed by atoms with Crippen molar-refractivity contribution < 1.29 is 22.9 Å². The molecule has 0 heterocycles. The smallest absolute Gasteiger partial charge is 0.187 e. The first-order chi connectivity index (χ1) is 7.65. The van der Waals surface area contributed by atoms with Crippen LogP contribution in [0.2, 0.25) is 10.0 Å². The minimum absolute atomic E-state index is 0. The zero-order chi connectivity index (χ0) is 11.5. The molecule has 0 aliphatic carbocycles. The van der Waals surface area contributed by atoms with Gasteiger partial charge in [-0.2, -0.15) is 0 Å². The Labute approximate surface area is 116 Å². The van der Waals surface area contributed by atoms with Crippen molar-refractivity contribution in [3.05, 3.63) is 52.5 Å². The molecule has 2 rings (SSSR count). The predicted molar refractivity (Wildman–Crippen MR) is 65.5 cm³/mol. The third-order valence-electron chi connectivity index (χ3n) is 2.06. The lowest BCUT2D eigenvalue weighted by atomic mass is 10.3. The molecule has 90 valence electrons. The van der Waals surface area contributed by atoms with E-state index in [4.69, 9.17) is 27.9 Å². The summed E-state index contributed by atoms with van der Waals surface area (Å²) >= 11 is 11.6. The number of benzene rings is 2. The van der Waals surface area contributed by atoms with Crippen molar-refractivity contribution in [1.29, 1.82) is 0 Å². The summed E-state index contributed by atoms with van der Waals surface area (Å²) < 4.78 is 5.64. The largest absolute Gasteiger partial charge is 1.00 e. The molecule has 0 aromatic heterocycles. The SMILES string of the molecule is [Cl-].[NH3+]c1cc(Cl)ccc1Oc1ccc(Cl)cc1. The first kappa shape index (κ1) is 14.1. The highest BCUT2D eigenvalue weighted by molar-refractivity contribution is 6.31. The van der Waals surface area contributed by atoms with Crippen molar-refractivity contribution in [3.8, 4) is 11.5 Å². The van der Waals surface area contributed by atoms with Gasteiger partial charge in [0.1, 0.15) is 5.75 Å². The summed E-state index contributed by atoms with van der Waals surface area (Å²) in [6.45, 7) is 0. The van der Waals surface area contributed by atoms with Crippen LogP contribution in [0.4, 0.5) is 5.69 Å². The molecule has 0 saturated carbocycles. The molecule has 0 fully saturated rings. The first-order valence-electron chi connectivity index (χ1n) is 4.70. The van der Waals surface area contributed by atoms with Crippen LogP contribution in [0.3, 0.4) is 0 Å². The van der Waals surface area contributed by atoms with E-state index in [0.717, 1.165) is 11.4 Å². The van der Waals surface area contributed by atoms with Crippen LogP contribution >= 0.6 is 23.2 Å². The average molecular weight is 291 g/mol. The number of hydrogen-bond acceptors (Lipinski definition) is 1. The Kier molecular flexibility index (Phi) is 5.09. The van der Waals surface area contributed by atoms with Crippen molar-refractivity contribution in [1.82, 2.24) is 0 Å². The molecule has 2 aromatic carbocycles.